The van der Waals surface area contributed by atoms with Crippen LogP contribution in [0, 0.1) is 20.8 Å². The summed E-state index contributed by atoms with van der Waals surface area (Å²) in [7, 11) is 0. The van der Waals surface area contributed by atoms with Crippen LogP contribution < -0.4 is 15.4 Å². The Morgan fingerprint density at radius 3 is 2.50 bits per heavy atom. The van der Waals surface area contributed by atoms with E-state index in [-0.39, 0.29) is 6.03 Å². The van der Waals surface area contributed by atoms with Gasteiger partial charge < -0.3 is 15.4 Å². The highest BCUT2D eigenvalue weighted by molar-refractivity contribution is 5.90. The van der Waals surface area contributed by atoms with E-state index in [2.05, 4.69) is 10.6 Å². The second kappa shape index (κ2) is 7.50. The fourth-order valence-electron chi connectivity index (χ4n) is 2.02. The van der Waals surface area contributed by atoms with Crippen molar-refractivity contribution in [3.8, 4) is 5.75 Å². The largest absolute Gasteiger partial charge is 0.492 e. The highest BCUT2D eigenvalue weighted by Gasteiger charge is 2.05. The average Bonchev–Trinajstić information content (AvgIpc) is 2.50. The first-order valence-corrected chi connectivity index (χ1v) is 7.37. The minimum Gasteiger partial charge on any atom is -0.492 e. The molecule has 22 heavy (non-hydrogen) atoms. The van der Waals surface area contributed by atoms with Gasteiger partial charge in [-0.1, -0.05) is 29.8 Å². The number of carbonyl (C=O) groups is 1. The summed E-state index contributed by atoms with van der Waals surface area (Å²) in [4.78, 5) is 11.9. The molecule has 2 amide bonds. The van der Waals surface area contributed by atoms with Crippen LogP contribution in [-0.2, 0) is 0 Å². The molecule has 0 saturated carbocycles. The normalized spacial score (nSPS) is 10.1. The van der Waals surface area contributed by atoms with Crippen molar-refractivity contribution in [3.05, 3.63) is 59.2 Å². The van der Waals surface area contributed by atoms with E-state index in [1.54, 1.807) is 0 Å². The van der Waals surface area contributed by atoms with Gasteiger partial charge in [-0.25, -0.2) is 4.79 Å². The van der Waals surface area contributed by atoms with Crippen molar-refractivity contribution in [1.29, 1.82) is 0 Å². The Morgan fingerprint density at radius 1 is 1.05 bits per heavy atom. The van der Waals surface area contributed by atoms with Crippen molar-refractivity contribution in [3.63, 3.8) is 0 Å². The maximum Gasteiger partial charge on any atom is 0.319 e. The van der Waals surface area contributed by atoms with Gasteiger partial charge in [-0.3, -0.25) is 0 Å². The lowest BCUT2D eigenvalue weighted by molar-refractivity contribution is 0.247. The van der Waals surface area contributed by atoms with Crippen molar-refractivity contribution in [2.24, 2.45) is 0 Å². The highest BCUT2D eigenvalue weighted by Crippen LogP contribution is 2.17. The summed E-state index contributed by atoms with van der Waals surface area (Å²) in [6.07, 6.45) is 0. The lowest BCUT2D eigenvalue weighted by Gasteiger charge is -2.12. The highest BCUT2D eigenvalue weighted by atomic mass is 16.5. The number of nitrogens with one attached hydrogen (secondary N) is 2. The van der Waals surface area contributed by atoms with Crippen LogP contribution in [0.5, 0.6) is 5.75 Å². The first-order chi connectivity index (χ1) is 10.6. The van der Waals surface area contributed by atoms with Gasteiger partial charge in [0.05, 0.1) is 6.54 Å². The second-order valence-electron chi connectivity index (χ2n) is 5.29. The van der Waals surface area contributed by atoms with Crippen LogP contribution in [0.1, 0.15) is 16.7 Å². The van der Waals surface area contributed by atoms with Crippen LogP contribution in [0.25, 0.3) is 0 Å². The van der Waals surface area contributed by atoms with Gasteiger partial charge >= 0.3 is 6.03 Å². The van der Waals surface area contributed by atoms with Gasteiger partial charge in [0.15, 0.2) is 0 Å². The second-order valence-corrected chi connectivity index (χ2v) is 5.29. The minimum absolute atomic E-state index is 0.221. The molecule has 2 rings (SSSR count). The minimum atomic E-state index is -0.221. The molecule has 0 spiro atoms. The van der Waals surface area contributed by atoms with Gasteiger partial charge in [0.25, 0.3) is 0 Å². The standard InChI is InChI=1S/C18H22N2O2/c1-13-7-9-16(10-8-13)22-12-11-19-18(21)20-17-6-4-5-14(2)15(17)3/h4-10H,11-12H2,1-3H3,(H2,19,20,21). The van der Waals surface area contributed by atoms with Gasteiger partial charge in [-0.05, 0) is 50.1 Å². The van der Waals surface area contributed by atoms with E-state index < -0.39 is 0 Å². The molecule has 0 unspecified atom stereocenters. The maximum absolute atomic E-state index is 11.9. The van der Waals surface area contributed by atoms with Gasteiger partial charge in [0.1, 0.15) is 12.4 Å². The summed E-state index contributed by atoms with van der Waals surface area (Å²) in [5.74, 6) is 0.808. The molecule has 116 valence electrons. The lowest BCUT2D eigenvalue weighted by Crippen LogP contribution is -2.32. The van der Waals surface area contributed by atoms with Crippen molar-refractivity contribution >= 4 is 11.7 Å². The van der Waals surface area contributed by atoms with E-state index in [1.165, 1.54) is 5.56 Å². The molecule has 2 N–H and O–H groups in total. The van der Waals surface area contributed by atoms with E-state index in [9.17, 15) is 4.79 Å². The molecule has 2 aromatic carbocycles. The van der Waals surface area contributed by atoms with E-state index in [1.807, 2.05) is 63.2 Å². The van der Waals surface area contributed by atoms with Gasteiger partial charge in [-0.2, -0.15) is 0 Å². The molecule has 0 aliphatic rings. The smallest absolute Gasteiger partial charge is 0.319 e. The number of urea groups is 1. The lowest BCUT2D eigenvalue weighted by atomic mass is 10.1. The third-order valence-corrected chi connectivity index (χ3v) is 3.53. The van der Waals surface area contributed by atoms with E-state index in [0.29, 0.717) is 13.2 Å². The van der Waals surface area contributed by atoms with Crippen LogP contribution in [-0.4, -0.2) is 19.2 Å². The number of benzene rings is 2. The van der Waals surface area contributed by atoms with Crippen molar-refractivity contribution < 1.29 is 9.53 Å². The van der Waals surface area contributed by atoms with E-state index in [4.69, 9.17) is 4.74 Å². The molecule has 0 bridgehead atoms. The fraction of sp³-hybridized carbons (Fsp3) is 0.278. The van der Waals surface area contributed by atoms with Gasteiger partial charge in [0.2, 0.25) is 0 Å². The molecule has 2 aromatic rings. The Hall–Kier alpha value is -2.49. The van der Waals surface area contributed by atoms with Crippen molar-refractivity contribution in [2.45, 2.75) is 20.8 Å². The molecule has 0 aromatic heterocycles. The van der Waals surface area contributed by atoms with Gasteiger partial charge in [-0.15, -0.1) is 0 Å². The van der Waals surface area contributed by atoms with Crippen LogP contribution in [0.3, 0.4) is 0 Å². The average molecular weight is 298 g/mol. The van der Waals surface area contributed by atoms with Crippen LogP contribution in [0.15, 0.2) is 42.5 Å². The first-order valence-electron chi connectivity index (χ1n) is 7.37. The zero-order valence-corrected chi connectivity index (χ0v) is 13.3. The third-order valence-electron chi connectivity index (χ3n) is 3.53. The zero-order chi connectivity index (χ0) is 15.9. The number of rotatable bonds is 5. The van der Waals surface area contributed by atoms with Crippen LogP contribution in [0.4, 0.5) is 10.5 Å². The Bertz CT molecular complexity index is 636. The molecule has 4 nitrogen and oxygen atoms in total. The summed E-state index contributed by atoms with van der Waals surface area (Å²) >= 11 is 0. The summed E-state index contributed by atoms with van der Waals surface area (Å²) < 4.78 is 5.56. The Labute approximate surface area is 131 Å². The SMILES string of the molecule is Cc1ccc(OCCNC(=O)Nc2cccc(C)c2C)cc1. The maximum atomic E-state index is 11.9. The van der Waals surface area contributed by atoms with E-state index >= 15 is 0 Å². The summed E-state index contributed by atoms with van der Waals surface area (Å²) in [6.45, 7) is 6.93. The number of amides is 2. The summed E-state index contributed by atoms with van der Waals surface area (Å²) in [5.41, 5.74) is 4.25. The molecular weight excluding hydrogens is 276 g/mol. The number of anilines is 1. The number of hydrogen-bond donors (Lipinski definition) is 2. The van der Waals surface area contributed by atoms with Gasteiger partial charge in [0, 0.05) is 5.69 Å². The predicted molar refractivity (Wildman–Crippen MR) is 89.6 cm³/mol. The van der Waals surface area contributed by atoms with Crippen LogP contribution >= 0.6 is 0 Å². The Morgan fingerprint density at radius 2 is 1.77 bits per heavy atom. The molecule has 0 aliphatic heterocycles. The third kappa shape index (κ3) is 4.52. The molecule has 0 aliphatic carbocycles. The number of aryl methyl sites for hydroxylation is 2. The number of ether oxygens (including phenoxy) is 1. The Kier molecular flexibility index (Phi) is 5.42. The Balaban J connectivity index is 1.74. The van der Waals surface area contributed by atoms with Crippen molar-refractivity contribution in [2.75, 3.05) is 18.5 Å². The number of hydrogen-bond acceptors (Lipinski definition) is 2. The molecule has 4 heteroatoms. The van der Waals surface area contributed by atoms with E-state index in [0.717, 1.165) is 22.6 Å². The topological polar surface area (TPSA) is 50.4 Å². The molecule has 0 radical (unpaired) electrons. The monoisotopic (exact) mass is 298 g/mol. The molecule has 0 heterocycles. The molecule has 0 saturated heterocycles. The molecule has 0 fully saturated rings. The number of carbonyl (C=O) groups excluding carboxylic acids is 1. The molecular formula is C18H22N2O2. The van der Waals surface area contributed by atoms with Crippen LogP contribution in [0.2, 0.25) is 0 Å². The predicted octanol–water partition coefficient (Wildman–Crippen LogP) is 3.81. The summed E-state index contributed by atoms with van der Waals surface area (Å²) in [6, 6.07) is 13.5. The first kappa shape index (κ1) is 15.9. The molecule has 0 atom stereocenters. The zero-order valence-electron chi connectivity index (χ0n) is 13.3. The van der Waals surface area contributed by atoms with Crippen molar-refractivity contribution in [1.82, 2.24) is 5.32 Å². The summed E-state index contributed by atoms with van der Waals surface area (Å²) in [5, 5.41) is 5.64. The quantitative estimate of drug-likeness (QED) is 0.825. The fourth-order valence-corrected chi connectivity index (χ4v) is 2.02.